The fourth-order valence-corrected chi connectivity index (χ4v) is 1.08. The fraction of sp³-hybridized carbons (Fsp3) is 0.429. The smallest absolute Gasteiger partial charge is 0.449 e. The third kappa shape index (κ3) is 4.25. The Hall–Kier alpha value is -0.660. The summed E-state index contributed by atoms with van der Waals surface area (Å²) in [7, 11) is 0.539. The van der Waals surface area contributed by atoms with Crippen LogP contribution in [-0.4, -0.2) is 33.9 Å². The highest BCUT2D eigenvalue weighted by Gasteiger charge is 2.47. The van der Waals surface area contributed by atoms with Crippen molar-refractivity contribution in [3.8, 4) is 0 Å². The van der Waals surface area contributed by atoms with Crippen LogP contribution in [0, 0.1) is 0 Å². The van der Waals surface area contributed by atoms with Crippen molar-refractivity contribution in [1.82, 2.24) is 0 Å². The molecule has 0 aliphatic rings. The van der Waals surface area contributed by atoms with E-state index in [9.17, 15) is 22.8 Å². The topological polar surface area (TPSA) is 63.6 Å². The summed E-state index contributed by atoms with van der Waals surface area (Å²) in [5, 5.41) is 8.54. The van der Waals surface area contributed by atoms with Crippen molar-refractivity contribution in [3.05, 3.63) is 11.3 Å². The first-order valence-electron chi connectivity index (χ1n) is 3.63. The number of hydrogen-bond acceptors (Lipinski definition) is 3. The Bertz CT molecular complexity index is 370. The molecule has 0 spiro atoms. The van der Waals surface area contributed by atoms with E-state index in [4.69, 9.17) is 39.9 Å². The Labute approximate surface area is 108 Å². The minimum absolute atomic E-state index is 0.539. The van der Waals surface area contributed by atoms with Gasteiger partial charge in [0.2, 0.25) is 11.5 Å². The summed E-state index contributed by atoms with van der Waals surface area (Å²) in [6.07, 6.45) is -5.20. The highest BCUT2D eigenvalue weighted by molar-refractivity contribution is 6.78. The molecule has 0 amide bonds. The lowest BCUT2D eigenvalue weighted by atomic mass is 10.1. The van der Waals surface area contributed by atoms with Crippen molar-refractivity contribution >= 4 is 46.6 Å². The number of Topliss-reactive ketones (excluding diaryl/α,β-unsaturated/α-hetero) is 1. The zero-order chi connectivity index (χ0) is 14.0. The van der Waals surface area contributed by atoms with Crippen LogP contribution in [0.25, 0.3) is 0 Å². The molecule has 1 N–H and O–H groups in total. The molecule has 0 unspecified atom stereocenters. The van der Waals surface area contributed by atoms with Gasteiger partial charge in [-0.15, -0.1) is 0 Å². The SMILES string of the molecule is COC(=C(C(=O)O)C(=O)C(Cl)(Cl)Cl)C(F)(F)F. The van der Waals surface area contributed by atoms with E-state index in [2.05, 4.69) is 4.74 Å². The molecule has 0 aromatic carbocycles. The predicted octanol–water partition coefficient (Wildman–Crippen LogP) is 2.47. The lowest BCUT2D eigenvalue weighted by molar-refractivity contribution is -0.142. The number of allylic oxidation sites excluding steroid dienone is 1. The quantitative estimate of drug-likeness (QED) is 0.286. The normalized spacial score (nSPS) is 14.1. The van der Waals surface area contributed by atoms with E-state index >= 15 is 0 Å². The van der Waals surface area contributed by atoms with Gasteiger partial charge in [-0.1, -0.05) is 34.8 Å². The molecule has 0 radical (unpaired) electrons. The van der Waals surface area contributed by atoms with Crippen LogP contribution in [0.2, 0.25) is 0 Å². The number of rotatable bonds is 3. The van der Waals surface area contributed by atoms with E-state index in [0.29, 0.717) is 7.11 Å². The number of methoxy groups -OCH3 is 1. The Balaban J connectivity index is 5.91. The van der Waals surface area contributed by atoms with Crippen LogP contribution in [-0.2, 0) is 14.3 Å². The maximum Gasteiger partial charge on any atom is 0.449 e. The van der Waals surface area contributed by atoms with Gasteiger partial charge in [0.05, 0.1) is 7.11 Å². The first kappa shape index (κ1) is 16.3. The first-order valence-corrected chi connectivity index (χ1v) is 4.76. The lowest BCUT2D eigenvalue weighted by Crippen LogP contribution is -2.30. The first-order chi connectivity index (χ1) is 7.42. The maximum atomic E-state index is 12.4. The Morgan fingerprint density at radius 3 is 1.76 bits per heavy atom. The van der Waals surface area contributed by atoms with Crippen molar-refractivity contribution in [1.29, 1.82) is 0 Å². The van der Waals surface area contributed by atoms with Crippen molar-refractivity contribution < 1.29 is 32.6 Å². The summed E-state index contributed by atoms with van der Waals surface area (Å²) in [6.45, 7) is 0. The van der Waals surface area contributed by atoms with Gasteiger partial charge in [0.1, 0.15) is 0 Å². The third-order valence-electron chi connectivity index (χ3n) is 1.39. The zero-order valence-electron chi connectivity index (χ0n) is 7.94. The van der Waals surface area contributed by atoms with Crippen LogP contribution in [0.4, 0.5) is 13.2 Å². The summed E-state index contributed by atoms with van der Waals surface area (Å²) in [5.74, 6) is -6.10. The van der Waals surface area contributed by atoms with Gasteiger partial charge in [-0.3, -0.25) is 4.79 Å². The Morgan fingerprint density at radius 2 is 1.59 bits per heavy atom. The van der Waals surface area contributed by atoms with Gasteiger partial charge in [-0.25, -0.2) is 4.79 Å². The van der Waals surface area contributed by atoms with Crippen molar-refractivity contribution in [2.75, 3.05) is 7.11 Å². The molecule has 0 aliphatic heterocycles. The average Bonchev–Trinajstić information content (AvgIpc) is 2.08. The molecule has 0 aliphatic carbocycles. The summed E-state index contributed by atoms with van der Waals surface area (Å²) in [5.41, 5.74) is -1.78. The number of carbonyl (C=O) groups is 2. The molecular weight excluding hydrogens is 311 g/mol. The van der Waals surface area contributed by atoms with E-state index in [1.165, 1.54) is 0 Å². The van der Waals surface area contributed by atoms with Gasteiger partial charge >= 0.3 is 12.1 Å². The Kier molecular flexibility index (Phi) is 5.12. The molecule has 17 heavy (non-hydrogen) atoms. The molecule has 10 heteroatoms. The molecule has 0 saturated heterocycles. The van der Waals surface area contributed by atoms with Gasteiger partial charge in [0.25, 0.3) is 3.79 Å². The molecule has 0 heterocycles. The number of aliphatic carboxylic acids is 1. The van der Waals surface area contributed by atoms with E-state index in [0.717, 1.165) is 0 Å². The van der Waals surface area contributed by atoms with Crippen molar-refractivity contribution in [2.45, 2.75) is 9.97 Å². The van der Waals surface area contributed by atoms with Crippen LogP contribution in [0.15, 0.2) is 11.3 Å². The van der Waals surface area contributed by atoms with Gasteiger partial charge in [-0.2, -0.15) is 13.2 Å². The second-order valence-corrected chi connectivity index (χ2v) is 4.82. The molecule has 98 valence electrons. The van der Waals surface area contributed by atoms with Crippen molar-refractivity contribution in [2.24, 2.45) is 0 Å². The molecule has 0 rings (SSSR count). The van der Waals surface area contributed by atoms with Crippen LogP contribution >= 0.6 is 34.8 Å². The maximum absolute atomic E-state index is 12.4. The average molecular weight is 315 g/mol. The summed E-state index contributed by atoms with van der Waals surface area (Å²) >= 11 is 15.1. The fourth-order valence-electron chi connectivity index (χ4n) is 0.799. The number of ether oxygens (including phenoxy) is 1. The number of hydrogen-bond donors (Lipinski definition) is 1. The Morgan fingerprint density at radius 1 is 1.18 bits per heavy atom. The monoisotopic (exact) mass is 314 g/mol. The predicted molar refractivity (Wildman–Crippen MR) is 53.0 cm³/mol. The van der Waals surface area contributed by atoms with E-state index in [1.807, 2.05) is 0 Å². The molecule has 0 fully saturated rings. The number of carbonyl (C=O) groups excluding carboxylic acids is 1. The standard InChI is InChI=1S/C7H4Cl3F3O4/c1-17-4(7(11,12)13)2(5(15)16)3(14)6(8,9)10/h1H3,(H,15,16). The number of ketones is 1. The summed E-state index contributed by atoms with van der Waals surface area (Å²) in [6, 6.07) is 0. The molecule has 0 atom stereocenters. The molecule has 4 nitrogen and oxygen atoms in total. The van der Waals surface area contributed by atoms with E-state index in [1.54, 1.807) is 0 Å². The largest absolute Gasteiger partial charge is 0.492 e. The number of halogens is 6. The van der Waals surface area contributed by atoms with Gasteiger partial charge in [0, 0.05) is 0 Å². The minimum Gasteiger partial charge on any atom is -0.492 e. The highest BCUT2D eigenvalue weighted by atomic mass is 35.6. The van der Waals surface area contributed by atoms with E-state index in [-0.39, 0.29) is 0 Å². The molecular formula is C7H4Cl3F3O4. The molecule has 0 aromatic rings. The third-order valence-corrected chi connectivity index (χ3v) is 1.90. The van der Waals surface area contributed by atoms with Crippen molar-refractivity contribution in [3.63, 3.8) is 0 Å². The number of alkyl halides is 6. The number of carboxylic acids is 1. The second-order valence-electron chi connectivity index (χ2n) is 2.54. The van der Waals surface area contributed by atoms with Crippen LogP contribution in [0.5, 0.6) is 0 Å². The van der Waals surface area contributed by atoms with Gasteiger partial charge in [-0.05, 0) is 0 Å². The lowest BCUT2D eigenvalue weighted by Gasteiger charge is -2.15. The van der Waals surface area contributed by atoms with Crippen LogP contribution in [0.3, 0.4) is 0 Å². The van der Waals surface area contributed by atoms with E-state index < -0.39 is 33.1 Å². The summed E-state index contributed by atoms with van der Waals surface area (Å²) in [4.78, 5) is 21.8. The van der Waals surface area contributed by atoms with Crippen LogP contribution in [0.1, 0.15) is 0 Å². The number of carboxylic acid groups (broad SMARTS) is 1. The second kappa shape index (κ2) is 5.32. The molecule has 0 saturated carbocycles. The molecule has 0 bridgehead atoms. The summed E-state index contributed by atoms with van der Waals surface area (Å²) < 4.78 is 38.1. The minimum atomic E-state index is -5.20. The highest BCUT2D eigenvalue weighted by Crippen LogP contribution is 2.35. The van der Waals surface area contributed by atoms with Crippen LogP contribution < -0.4 is 0 Å². The zero-order valence-corrected chi connectivity index (χ0v) is 10.2. The molecule has 0 aromatic heterocycles. The van der Waals surface area contributed by atoms with Gasteiger partial charge < -0.3 is 9.84 Å². The van der Waals surface area contributed by atoms with Gasteiger partial charge in [0.15, 0.2) is 5.57 Å².